The van der Waals surface area contributed by atoms with Gasteiger partial charge in [0.2, 0.25) is 5.91 Å². The van der Waals surface area contributed by atoms with Crippen molar-refractivity contribution >= 4 is 17.7 Å². The van der Waals surface area contributed by atoms with Gasteiger partial charge in [-0.15, -0.1) is 11.8 Å². The van der Waals surface area contributed by atoms with E-state index in [-0.39, 0.29) is 11.7 Å². The minimum absolute atomic E-state index is 0.0511. The lowest BCUT2D eigenvalue weighted by molar-refractivity contribution is -0.118. The average molecular weight is 349 g/mol. The molecule has 0 saturated carbocycles. The highest BCUT2D eigenvalue weighted by Crippen LogP contribution is 2.27. The van der Waals surface area contributed by atoms with E-state index < -0.39 is 0 Å². The Hall–Kier alpha value is -2.21. The molecule has 4 nitrogen and oxygen atoms in total. The Kier molecular flexibility index (Phi) is 6.93. The molecular weight excluding hydrogens is 329 g/mol. The van der Waals surface area contributed by atoms with Crippen molar-refractivity contribution in [3.05, 3.63) is 53.8 Å². The molecular formula is C18H20FNO3S. The van der Waals surface area contributed by atoms with E-state index in [1.54, 1.807) is 26.4 Å². The molecule has 0 unspecified atom stereocenters. The van der Waals surface area contributed by atoms with Crippen molar-refractivity contribution in [1.82, 2.24) is 5.32 Å². The fourth-order valence-electron chi connectivity index (χ4n) is 2.11. The van der Waals surface area contributed by atoms with Crippen LogP contribution in [0.1, 0.15) is 5.56 Å². The number of carbonyl (C=O) groups is 1. The molecule has 0 aliphatic carbocycles. The van der Waals surface area contributed by atoms with Gasteiger partial charge in [-0.25, -0.2) is 4.39 Å². The Balaban J connectivity index is 1.75. The number of thioether (sulfide) groups is 1. The van der Waals surface area contributed by atoms with E-state index in [0.29, 0.717) is 30.2 Å². The number of halogens is 1. The van der Waals surface area contributed by atoms with E-state index in [1.807, 2.05) is 18.2 Å². The molecule has 0 radical (unpaired) electrons. The van der Waals surface area contributed by atoms with Gasteiger partial charge in [-0.3, -0.25) is 4.79 Å². The minimum atomic E-state index is -0.279. The lowest BCUT2D eigenvalue weighted by Gasteiger charge is -2.10. The number of ether oxygens (including phenoxy) is 2. The van der Waals surface area contributed by atoms with Gasteiger partial charge in [0.25, 0.3) is 0 Å². The molecule has 1 amide bonds. The quantitative estimate of drug-likeness (QED) is 0.743. The van der Waals surface area contributed by atoms with Crippen LogP contribution in [-0.4, -0.2) is 32.4 Å². The number of nitrogens with one attached hydrogen (secondary N) is 1. The van der Waals surface area contributed by atoms with E-state index in [9.17, 15) is 9.18 Å². The maximum Gasteiger partial charge on any atom is 0.230 e. The molecule has 0 atom stereocenters. The summed E-state index contributed by atoms with van der Waals surface area (Å²) in [7, 11) is 3.19. The molecule has 0 fully saturated rings. The first-order chi connectivity index (χ1) is 11.6. The number of hydrogen-bond donors (Lipinski definition) is 1. The second-order valence-corrected chi connectivity index (χ2v) is 6.08. The summed E-state index contributed by atoms with van der Waals surface area (Å²) < 4.78 is 23.3. The number of amides is 1. The van der Waals surface area contributed by atoms with Gasteiger partial charge in [-0.1, -0.05) is 6.07 Å². The molecule has 24 heavy (non-hydrogen) atoms. The van der Waals surface area contributed by atoms with Gasteiger partial charge in [0.15, 0.2) is 11.5 Å². The van der Waals surface area contributed by atoms with Crippen LogP contribution in [0.4, 0.5) is 4.39 Å². The van der Waals surface area contributed by atoms with Gasteiger partial charge in [0.05, 0.1) is 20.0 Å². The molecule has 0 heterocycles. The van der Waals surface area contributed by atoms with Gasteiger partial charge < -0.3 is 14.8 Å². The zero-order valence-electron chi connectivity index (χ0n) is 13.7. The second kappa shape index (κ2) is 9.17. The van der Waals surface area contributed by atoms with Crippen LogP contribution in [0.15, 0.2) is 47.4 Å². The Morgan fingerprint density at radius 1 is 1.08 bits per heavy atom. The van der Waals surface area contributed by atoms with E-state index >= 15 is 0 Å². The number of hydrogen-bond acceptors (Lipinski definition) is 4. The molecule has 0 aromatic heterocycles. The molecule has 0 aliphatic rings. The summed E-state index contributed by atoms with van der Waals surface area (Å²) in [4.78, 5) is 12.7. The monoisotopic (exact) mass is 349 g/mol. The summed E-state index contributed by atoms with van der Waals surface area (Å²) in [6.45, 7) is 0.540. The van der Waals surface area contributed by atoms with Crippen LogP contribution in [-0.2, 0) is 11.2 Å². The van der Waals surface area contributed by atoms with Crippen LogP contribution in [0.5, 0.6) is 11.5 Å². The van der Waals surface area contributed by atoms with Crippen LogP contribution < -0.4 is 14.8 Å². The summed E-state index contributed by atoms with van der Waals surface area (Å²) in [6, 6.07) is 11.8. The highest BCUT2D eigenvalue weighted by Gasteiger charge is 2.06. The number of carbonyl (C=O) groups excluding carboxylic acids is 1. The van der Waals surface area contributed by atoms with E-state index in [4.69, 9.17) is 9.47 Å². The maximum absolute atomic E-state index is 12.8. The molecule has 1 N–H and O–H groups in total. The standard InChI is InChI=1S/C18H20FNO3S/c1-22-16-8-3-13(11-17(16)23-2)9-10-20-18(21)12-24-15-6-4-14(19)5-7-15/h3-8,11H,9-10,12H2,1-2H3,(H,20,21). The highest BCUT2D eigenvalue weighted by molar-refractivity contribution is 8.00. The highest BCUT2D eigenvalue weighted by atomic mass is 32.2. The Bertz CT molecular complexity index is 676. The number of methoxy groups -OCH3 is 2. The average Bonchev–Trinajstić information content (AvgIpc) is 2.61. The third-order valence-electron chi connectivity index (χ3n) is 3.37. The van der Waals surface area contributed by atoms with Gasteiger partial charge in [0, 0.05) is 11.4 Å². The van der Waals surface area contributed by atoms with E-state index in [0.717, 1.165) is 10.5 Å². The van der Waals surface area contributed by atoms with Crippen molar-refractivity contribution < 1.29 is 18.7 Å². The molecule has 2 aromatic carbocycles. The molecule has 6 heteroatoms. The van der Waals surface area contributed by atoms with Crippen molar-refractivity contribution in [2.24, 2.45) is 0 Å². The molecule has 0 saturated heterocycles. The van der Waals surface area contributed by atoms with Crippen molar-refractivity contribution in [2.45, 2.75) is 11.3 Å². The maximum atomic E-state index is 12.8. The lowest BCUT2D eigenvalue weighted by atomic mass is 10.1. The van der Waals surface area contributed by atoms with Crippen LogP contribution in [0.2, 0.25) is 0 Å². The molecule has 2 aromatic rings. The van der Waals surface area contributed by atoms with E-state index in [2.05, 4.69) is 5.32 Å². The van der Waals surface area contributed by atoms with Crippen LogP contribution in [0, 0.1) is 5.82 Å². The topological polar surface area (TPSA) is 47.6 Å². The molecule has 0 spiro atoms. The predicted octanol–water partition coefficient (Wildman–Crippen LogP) is 3.29. The van der Waals surface area contributed by atoms with Crippen LogP contribution in [0.25, 0.3) is 0 Å². The summed E-state index contributed by atoms with van der Waals surface area (Å²) in [6.07, 6.45) is 0.702. The molecule has 2 rings (SSSR count). The first-order valence-electron chi connectivity index (χ1n) is 7.48. The molecule has 0 aliphatic heterocycles. The largest absolute Gasteiger partial charge is 0.493 e. The first kappa shape index (κ1) is 18.1. The molecule has 0 bridgehead atoms. The summed E-state index contributed by atoms with van der Waals surface area (Å²) in [5.74, 6) is 1.33. The van der Waals surface area contributed by atoms with Crippen molar-refractivity contribution in [3.8, 4) is 11.5 Å². The van der Waals surface area contributed by atoms with Gasteiger partial charge in [-0.2, -0.15) is 0 Å². The third kappa shape index (κ3) is 5.45. The number of rotatable bonds is 8. The number of benzene rings is 2. The van der Waals surface area contributed by atoms with Crippen LogP contribution >= 0.6 is 11.8 Å². The van der Waals surface area contributed by atoms with Crippen molar-refractivity contribution in [1.29, 1.82) is 0 Å². The smallest absolute Gasteiger partial charge is 0.230 e. The predicted molar refractivity (Wildman–Crippen MR) is 93.4 cm³/mol. The van der Waals surface area contributed by atoms with Crippen molar-refractivity contribution in [3.63, 3.8) is 0 Å². The fourth-order valence-corrected chi connectivity index (χ4v) is 2.84. The fraction of sp³-hybridized carbons (Fsp3) is 0.278. The summed E-state index contributed by atoms with van der Waals surface area (Å²) in [5.41, 5.74) is 1.05. The van der Waals surface area contributed by atoms with E-state index in [1.165, 1.54) is 23.9 Å². The summed E-state index contributed by atoms with van der Waals surface area (Å²) >= 11 is 1.38. The third-order valence-corrected chi connectivity index (χ3v) is 4.38. The van der Waals surface area contributed by atoms with Crippen LogP contribution in [0.3, 0.4) is 0 Å². The van der Waals surface area contributed by atoms with Crippen molar-refractivity contribution in [2.75, 3.05) is 26.5 Å². The van der Waals surface area contributed by atoms with Gasteiger partial charge >= 0.3 is 0 Å². The Morgan fingerprint density at radius 2 is 1.79 bits per heavy atom. The Morgan fingerprint density at radius 3 is 2.46 bits per heavy atom. The zero-order valence-corrected chi connectivity index (χ0v) is 14.5. The Labute approximate surface area is 145 Å². The summed E-state index contributed by atoms with van der Waals surface area (Å²) in [5, 5.41) is 2.87. The second-order valence-electron chi connectivity index (χ2n) is 5.03. The minimum Gasteiger partial charge on any atom is -0.493 e. The SMILES string of the molecule is COc1ccc(CCNC(=O)CSc2ccc(F)cc2)cc1OC. The molecule has 128 valence electrons. The first-order valence-corrected chi connectivity index (χ1v) is 8.47. The van der Waals surface area contributed by atoms with Gasteiger partial charge in [-0.05, 0) is 48.4 Å². The van der Waals surface area contributed by atoms with Gasteiger partial charge in [0.1, 0.15) is 5.82 Å². The lowest BCUT2D eigenvalue weighted by Crippen LogP contribution is -2.27. The zero-order chi connectivity index (χ0) is 17.4. The normalized spacial score (nSPS) is 10.3.